The molecule has 0 saturated carbocycles. The number of hydrogen-bond acceptors (Lipinski definition) is 4. The average molecular weight is 356 g/mol. The Balaban J connectivity index is 1.49. The third-order valence-corrected chi connectivity index (χ3v) is 3.93. The number of halogens is 1. The Morgan fingerprint density at radius 1 is 1.20 bits per heavy atom. The third kappa shape index (κ3) is 4.90. The molecule has 0 aliphatic heterocycles. The number of hydrogen-bond donors (Lipinski definition) is 1. The van der Waals surface area contributed by atoms with E-state index in [0.29, 0.717) is 36.1 Å². The maximum atomic E-state index is 12.0. The fraction of sp³-hybridized carbons (Fsp3) is 0.211. The second-order valence-corrected chi connectivity index (χ2v) is 6.22. The molecule has 25 heavy (non-hydrogen) atoms. The van der Waals surface area contributed by atoms with Gasteiger partial charge in [-0.15, -0.1) is 0 Å². The van der Waals surface area contributed by atoms with E-state index in [1.807, 2.05) is 43.3 Å². The number of nitrogens with one attached hydrogen (secondary N) is 1. The van der Waals surface area contributed by atoms with Crippen molar-refractivity contribution in [2.24, 2.45) is 0 Å². The number of aryl methyl sites for hydroxylation is 1. The van der Waals surface area contributed by atoms with Gasteiger partial charge in [0.15, 0.2) is 0 Å². The summed E-state index contributed by atoms with van der Waals surface area (Å²) in [5, 5.41) is 7.48. The Hall–Kier alpha value is -2.66. The predicted octanol–water partition coefficient (Wildman–Crippen LogP) is 3.60. The minimum absolute atomic E-state index is 0.0250. The molecule has 0 bridgehead atoms. The van der Waals surface area contributed by atoms with E-state index in [9.17, 15) is 4.79 Å². The van der Waals surface area contributed by atoms with Gasteiger partial charge in [0, 0.05) is 23.6 Å². The van der Waals surface area contributed by atoms with E-state index in [1.165, 1.54) is 0 Å². The number of carbonyl (C=O) groups excluding carboxylic acids is 1. The first-order valence-corrected chi connectivity index (χ1v) is 8.39. The molecule has 0 spiro atoms. The molecule has 1 heterocycles. The molecular formula is C19H18ClN3O2. The number of rotatable bonds is 6. The highest BCUT2D eigenvalue weighted by Crippen LogP contribution is 2.18. The lowest BCUT2D eigenvalue weighted by Crippen LogP contribution is -2.27. The lowest BCUT2D eigenvalue weighted by atomic mass is 10.1. The summed E-state index contributed by atoms with van der Waals surface area (Å²) in [6.45, 7) is 2.46. The Morgan fingerprint density at radius 2 is 2.00 bits per heavy atom. The van der Waals surface area contributed by atoms with E-state index in [4.69, 9.17) is 16.1 Å². The Morgan fingerprint density at radius 3 is 2.76 bits per heavy atom. The van der Waals surface area contributed by atoms with Crippen molar-refractivity contribution in [3.8, 4) is 11.4 Å². The summed E-state index contributed by atoms with van der Waals surface area (Å²) < 4.78 is 5.22. The van der Waals surface area contributed by atoms with E-state index in [1.54, 1.807) is 12.1 Å². The first-order valence-electron chi connectivity index (χ1n) is 8.01. The number of amides is 1. The van der Waals surface area contributed by atoms with Crippen molar-refractivity contribution in [1.29, 1.82) is 0 Å². The second kappa shape index (κ2) is 7.94. The van der Waals surface area contributed by atoms with Gasteiger partial charge in [0.2, 0.25) is 17.6 Å². The lowest BCUT2D eigenvalue weighted by molar-refractivity contribution is -0.120. The summed E-state index contributed by atoms with van der Waals surface area (Å²) in [7, 11) is 0. The van der Waals surface area contributed by atoms with Crippen LogP contribution in [0.15, 0.2) is 53.1 Å². The molecule has 5 nitrogen and oxygen atoms in total. The van der Waals surface area contributed by atoms with Crippen molar-refractivity contribution in [3.05, 3.63) is 70.6 Å². The molecule has 0 aliphatic carbocycles. The van der Waals surface area contributed by atoms with Crippen LogP contribution >= 0.6 is 11.6 Å². The quantitative estimate of drug-likeness (QED) is 0.733. The van der Waals surface area contributed by atoms with E-state index >= 15 is 0 Å². The molecule has 1 aromatic heterocycles. The monoisotopic (exact) mass is 355 g/mol. The highest BCUT2D eigenvalue weighted by Gasteiger charge is 2.09. The second-order valence-electron chi connectivity index (χ2n) is 5.78. The van der Waals surface area contributed by atoms with E-state index in [0.717, 1.165) is 16.7 Å². The summed E-state index contributed by atoms with van der Waals surface area (Å²) in [6.07, 6.45) is 0.849. The molecular weight excluding hydrogens is 338 g/mol. The SMILES string of the molecule is Cc1cccc(CC(=O)NCCc2nc(-c3ccc(Cl)cc3)no2)c1. The molecule has 128 valence electrons. The molecule has 0 atom stereocenters. The predicted molar refractivity (Wildman–Crippen MR) is 96.3 cm³/mol. The van der Waals surface area contributed by atoms with Gasteiger partial charge in [-0.3, -0.25) is 4.79 Å². The topological polar surface area (TPSA) is 68.0 Å². The van der Waals surface area contributed by atoms with Crippen LogP contribution in [-0.4, -0.2) is 22.6 Å². The van der Waals surface area contributed by atoms with Crippen LogP contribution in [0, 0.1) is 6.92 Å². The molecule has 6 heteroatoms. The standard InChI is InChI=1S/C19H18ClN3O2/c1-13-3-2-4-14(11-13)12-17(24)21-10-9-18-22-19(23-25-18)15-5-7-16(20)8-6-15/h2-8,11H,9-10,12H2,1H3,(H,21,24). The van der Waals surface area contributed by atoms with Gasteiger partial charge in [-0.1, -0.05) is 46.6 Å². The zero-order valence-corrected chi connectivity index (χ0v) is 14.6. The summed E-state index contributed by atoms with van der Waals surface area (Å²) in [5.41, 5.74) is 2.98. The first-order chi connectivity index (χ1) is 12.1. The van der Waals surface area contributed by atoms with Crippen LogP contribution in [0.3, 0.4) is 0 Å². The van der Waals surface area contributed by atoms with Crippen molar-refractivity contribution in [3.63, 3.8) is 0 Å². The Bertz CT molecular complexity index is 859. The van der Waals surface area contributed by atoms with Crippen LogP contribution in [-0.2, 0) is 17.6 Å². The molecule has 0 saturated heterocycles. The van der Waals surface area contributed by atoms with Crippen LogP contribution in [0.2, 0.25) is 5.02 Å². The summed E-state index contributed by atoms with van der Waals surface area (Å²) in [4.78, 5) is 16.3. The van der Waals surface area contributed by atoms with Gasteiger partial charge < -0.3 is 9.84 Å². The summed E-state index contributed by atoms with van der Waals surface area (Å²) >= 11 is 5.86. The lowest BCUT2D eigenvalue weighted by Gasteiger charge is -2.04. The summed E-state index contributed by atoms with van der Waals surface area (Å²) in [6, 6.07) is 15.1. The molecule has 1 N–H and O–H groups in total. The van der Waals surface area contributed by atoms with Gasteiger partial charge in [0.05, 0.1) is 6.42 Å². The zero-order valence-electron chi connectivity index (χ0n) is 13.8. The number of nitrogens with zero attached hydrogens (tertiary/aromatic N) is 2. The van der Waals surface area contributed by atoms with Gasteiger partial charge >= 0.3 is 0 Å². The van der Waals surface area contributed by atoms with E-state index in [2.05, 4.69) is 15.5 Å². The molecule has 3 rings (SSSR count). The van der Waals surface area contributed by atoms with E-state index < -0.39 is 0 Å². The van der Waals surface area contributed by atoms with Crippen LogP contribution in [0.4, 0.5) is 0 Å². The smallest absolute Gasteiger partial charge is 0.228 e. The van der Waals surface area contributed by atoms with Crippen molar-refractivity contribution in [2.45, 2.75) is 19.8 Å². The number of aromatic nitrogens is 2. The zero-order chi connectivity index (χ0) is 17.6. The summed E-state index contributed by atoms with van der Waals surface area (Å²) in [5.74, 6) is 0.974. The highest BCUT2D eigenvalue weighted by molar-refractivity contribution is 6.30. The third-order valence-electron chi connectivity index (χ3n) is 3.68. The highest BCUT2D eigenvalue weighted by atomic mass is 35.5. The van der Waals surface area contributed by atoms with E-state index in [-0.39, 0.29) is 5.91 Å². The number of carbonyl (C=O) groups is 1. The van der Waals surface area contributed by atoms with Gasteiger partial charge in [0.1, 0.15) is 0 Å². The first kappa shape index (κ1) is 17.2. The van der Waals surface area contributed by atoms with Gasteiger partial charge in [0.25, 0.3) is 0 Å². The Kier molecular flexibility index (Phi) is 5.46. The largest absolute Gasteiger partial charge is 0.355 e. The Labute approximate surface area is 151 Å². The molecule has 0 fully saturated rings. The van der Waals surface area contributed by atoms with Crippen LogP contribution in [0.25, 0.3) is 11.4 Å². The normalized spacial score (nSPS) is 10.6. The molecule has 0 unspecified atom stereocenters. The van der Waals surface area contributed by atoms with Crippen molar-refractivity contribution in [1.82, 2.24) is 15.5 Å². The fourth-order valence-electron chi connectivity index (χ4n) is 2.45. The molecule has 0 radical (unpaired) electrons. The van der Waals surface area contributed by atoms with Crippen molar-refractivity contribution >= 4 is 17.5 Å². The molecule has 1 amide bonds. The van der Waals surface area contributed by atoms with Gasteiger partial charge in [-0.25, -0.2) is 0 Å². The molecule has 0 aliphatic rings. The minimum Gasteiger partial charge on any atom is -0.355 e. The molecule has 3 aromatic rings. The maximum Gasteiger partial charge on any atom is 0.228 e. The minimum atomic E-state index is -0.0250. The van der Waals surface area contributed by atoms with Crippen LogP contribution < -0.4 is 5.32 Å². The van der Waals surface area contributed by atoms with Crippen LogP contribution in [0.5, 0.6) is 0 Å². The van der Waals surface area contributed by atoms with Gasteiger partial charge in [-0.2, -0.15) is 4.98 Å². The number of benzene rings is 2. The fourth-order valence-corrected chi connectivity index (χ4v) is 2.58. The molecule has 2 aromatic carbocycles. The van der Waals surface area contributed by atoms with Gasteiger partial charge in [-0.05, 0) is 36.8 Å². The average Bonchev–Trinajstić information content (AvgIpc) is 3.04. The van der Waals surface area contributed by atoms with Crippen LogP contribution in [0.1, 0.15) is 17.0 Å². The van der Waals surface area contributed by atoms with Crippen molar-refractivity contribution < 1.29 is 9.32 Å². The maximum absolute atomic E-state index is 12.0. The van der Waals surface area contributed by atoms with Crippen molar-refractivity contribution in [2.75, 3.05) is 6.54 Å².